The number of hydrogen-bond acceptors (Lipinski definition) is 5. The maximum atomic E-state index is 13.1. The summed E-state index contributed by atoms with van der Waals surface area (Å²) in [6.07, 6.45) is 1.62. The first-order valence-electron chi connectivity index (χ1n) is 11.5. The summed E-state index contributed by atoms with van der Waals surface area (Å²) in [5.41, 5.74) is 3.39. The van der Waals surface area contributed by atoms with Crippen LogP contribution in [0.25, 0.3) is 5.76 Å². The third-order valence-electron chi connectivity index (χ3n) is 5.85. The molecule has 3 rings (SSSR count). The molecule has 2 aromatic rings. The predicted molar refractivity (Wildman–Crippen MR) is 130 cm³/mol. The molecule has 1 fully saturated rings. The maximum absolute atomic E-state index is 13.1. The van der Waals surface area contributed by atoms with Crippen LogP contribution in [0.2, 0.25) is 0 Å². The average Bonchev–Trinajstić information content (AvgIpc) is 3.03. The summed E-state index contributed by atoms with van der Waals surface area (Å²) in [6.45, 7) is 7.76. The molecule has 0 aliphatic carbocycles. The summed E-state index contributed by atoms with van der Waals surface area (Å²) in [7, 11) is 3.95. The number of carbonyl (C=O) groups is 2. The van der Waals surface area contributed by atoms with Gasteiger partial charge in [0, 0.05) is 12.1 Å². The number of Topliss-reactive ketones (excluding diaryl/α,β-unsaturated/α-hetero) is 1. The minimum absolute atomic E-state index is 0.135. The molecule has 0 aromatic heterocycles. The van der Waals surface area contributed by atoms with Crippen molar-refractivity contribution in [1.82, 2.24) is 9.80 Å². The number of ether oxygens (including phenoxy) is 1. The lowest BCUT2D eigenvalue weighted by atomic mass is 9.94. The van der Waals surface area contributed by atoms with Gasteiger partial charge in [0.05, 0.1) is 18.2 Å². The molecule has 6 nitrogen and oxygen atoms in total. The van der Waals surface area contributed by atoms with Gasteiger partial charge in [0.1, 0.15) is 11.5 Å². The standard InChI is InChI=1S/C27H34N2O4/c1-6-16-33-22-13-12-21(17-19(22)3)25(30)23-24(20-10-8-18(2)9-11-20)29(27(32)26(23)31)15-7-14-28(4)5/h8-13,17,24,30H,6-7,14-16H2,1-5H3. The van der Waals surface area contributed by atoms with Gasteiger partial charge in [0.25, 0.3) is 11.7 Å². The van der Waals surface area contributed by atoms with Gasteiger partial charge in [-0.25, -0.2) is 0 Å². The molecule has 1 N–H and O–H groups in total. The molecule has 1 atom stereocenters. The Balaban J connectivity index is 2.05. The number of ketones is 1. The summed E-state index contributed by atoms with van der Waals surface area (Å²) in [5.74, 6) is -0.626. The van der Waals surface area contributed by atoms with Crippen LogP contribution in [-0.4, -0.2) is 60.4 Å². The van der Waals surface area contributed by atoms with Crippen molar-refractivity contribution in [1.29, 1.82) is 0 Å². The van der Waals surface area contributed by atoms with Crippen molar-refractivity contribution >= 4 is 17.4 Å². The highest BCUT2D eigenvalue weighted by Gasteiger charge is 2.45. The second-order valence-electron chi connectivity index (χ2n) is 8.89. The van der Waals surface area contributed by atoms with E-state index < -0.39 is 17.7 Å². The minimum atomic E-state index is -0.646. The Morgan fingerprint density at radius 2 is 1.79 bits per heavy atom. The van der Waals surface area contributed by atoms with E-state index in [1.54, 1.807) is 23.1 Å². The SMILES string of the molecule is CCCOc1ccc(C(O)=C2C(=O)C(=O)N(CCCN(C)C)C2c2ccc(C)cc2)cc1C. The third kappa shape index (κ3) is 5.45. The van der Waals surface area contributed by atoms with Crippen LogP contribution in [0.1, 0.15) is 48.1 Å². The fourth-order valence-electron chi connectivity index (χ4n) is 4.09. The molecule has 0 spiro atoms. The largest absolute Gasteiger partial charge is 0.507 e. The van der Waals surface area contributed by atoms with Crippen LogP contribution in [0.5, 0.6) is 5.75 Å². The molecule has 1 amide bonds. The zero-order valence-electron chi connectivity index (χ0n) is 20.2. The Labute approximate surface area is 196 Å². The van der Waals surface area contributed by atoms with Crippen LogP contribution in [0.4, 0.5) is 0 Å². The number of rotatable bonds is 9. The first kappa shape index (κ1) is 24.5. The summed E-state index contributed by atoms with van der Waals surface area (Å²) in [6, 6.07) is 12.5. The Hall–Kier alpha value is -3.12. The van der Waals surface area contributed by atoms with Crippen LogP contribution < -0.4 is 4.74 Å². The lowest BCUT2D eigenvalue weighted by molar-refractivity contribution is -0.139. The molecule has 0 saturated carbocycles. The van der Waals surface area contributed by atoms with Gasteiger partial charge in [0.15, 0.2) is 0 Å². The zero-order chi connectivity index (χ0) is 24.1. The molecule has 0 bridgehead atoms. The van der Waals surface area contributed by atoms with E-state index in [9.17, 15) is 14.7 Å². The highest BCUT2D eigenvalue weighted by molar-refractivity contribution is 6.46. The molecule has 2 aromatic carbocycles. The predicted octanol–water partition coefficient (Wildman–Crippen LogP) is 4.47. The van der Waals surface area contributed by atoms with E-state index in [0.717, 1.165) is 41.8 Å². The number of likely N-dealkylation sites (tertiary alicyclic amines) is 1. The minimum Gasteiger partial charge on any atom is -0.507 e. The maximum Gasteiger partial charge on any atom is 0.295 e. The monoisotopic (exact) mass is 450 g/mol. The van der Waals surface area contributed by atoms with Crippen molar-refractivity contribution in [2.75, 3.05) is 33.8 Å². The molecule has 0 radical (unpaired) electrons. The number of amides is 1. The number of hydrogen-bond donors (Lipinski definition) is 1. The van der Waals surface area contributed by atoms with Crippen molar-refractivity contribution in [2.24, 2.45) is 0 Å². The highest BCUT2D eigenvalue weighted by Crippen LogP contribution is 2.40. The molecule has 6 heteroatoms. The van der Waals surface area contributed by atoms with Gasteiger partial charge in [-0.05, 0) is 76.7 Å². The molecular weight excluding hydrogens is 416 g/mol. The van der Waals surface area contributed by atoms with E-state index in [0.29, 0.717) is 18.7 Å². The van der Waals surface area contributed by atoms with Crippen molar-refractivity contribution in [3.05, 3.63) is 70.3 Å². The normalized spacial score (nSPS) is 17.8. The second kappa shape index (κ2) is 10.7. The van der Waals surface area contributed by atoms with E-state index in [1.165, 1.54) is 0 Å². The van der Waals surface area contributed by atoms with Crippen LogP contribution in [0.3, 0.4) is 0 Å². The molecule has 1 aliphatic rings. The summed E-state index contributed by atoms with van der Waals surface area (Å²) in [4.78, 5) is 29.8. The average molecular weight is 451 g/mol. The fourth-order valence-corrected chi connectivity index (χ4v) is 4.09. The molecular formula is C27H34N2O4. The lowest BCUT2D eigenvalue weighted by Gasteiger charge is -2.26. The van der Waals surface area contributed by atoms with E-state index >= 15 is 0 Å². The number of aryl methyl sites for hydroxylation is 2. The molecule has 33 heavy (non-hydrogen) atoms. The number of benzene rings is 2. The number of nitrogens with zero attached hydrogens (tertiary/aromatic N) is 2. The van der Waals surface area contributed by atoms with Gasteiger partial charge in [-0.1, -0.05) is 36.8 Å². The molecule has 1 saturated heterocycles. The van der Waals surface area contributed by atoms with E-state index in [4.69, 9.17) is 4.74 Å². The van der Waals surface area contributed by atoms with Gasteiger partial charge in [-0.15, -0.1) is 0 Å². The quantitative estimate of drug-likeness (QED) is 0.347. The highest BCUT2D eigenvalue weighted by atomic mass is 16.5. The van der Waals surface area contributed by atoms with Crippen molar-refractivity contribution < 1.29 is 19.4 Å². The van der Waals surface area contributed by atoms with Gasteiger partial charge in [-0.3, -0.25) is 9.59 Å². The second-order valence-corrected chi connectivity index (χ2v) is 8.89. The van der Waals surface area contributed by atoms with Gasteiger partial charge in [0.2, 0.25) is 0 Å². The smallest absolute Gasteiger partial charge is 0.295 e. The van der Waals surface area contributed by atoms with Crippen LogP contribution in [0.15, 0.2) is 48.0 Å². The third-order valence-corrected chi connectivity index (χ3v) is 5.85. The molecule has 1 aliphatic heterocycles. The topological polar surface area (TPSA) is 70.1 Å². The van der Waals surface area contributed by atoms with Crippen LogP contribution >= 0.6 is 0 Å². The molecule has 1 unspecified atom stereocenters. The van der Waals surface area contributed by atoms with Crippen molar-refractivity contribution in [2.45, 2.75) is 39.7 Å². The Bertz CT molecular complexity index is 1040. The number of carbonyl (C=O) groups excluding carboxylic acids is 2. The fraction of sp³-hybridized carbons (Fsp3) is 0.407. The van der Waals surface area contributed by atoms with Crippen molar-refractivity contribution in [3.8, 4) is 5.75 Å². The number of aliphatic hydroxyl groups excluding tert-OH is 1. The Kier molecular flexibility index (Phi) is 7.92. The number of aliphatic hydroxyl groups is 1. The van der Waals surface area contributed by atoms with Crippen LogP contribution in [0, 0.1) is 13.8 Å². The Morgan fingerprint density at radius 1 is 1.09 bits per heavy atom. The first-order valence-corrected chi connectivity index (χ1v) is 11.5. The zero-order valence-corrected chi connectivity index (χ0v) is 20.2. The van der Waals surface area contributed by atoms with Gasteiger partial charge >= 0.3 is 0 Å². The molecule has 176 valence electrons. The van der Waals surface area contributed by atoms with E-state index in [2.05, 4.69) is 0 Å². The summed E-state index contributed by atoms with van der Waals surface area (Å²) in [5, 5.41) is 11.2. The summed E-state index contributed by atoms with van der Waals surface area (Å²) < 4.78 is 5.74. The van der Waals surface area contributed by atoms with Gasteiger partial charge < -0.3 is 19.6 Å². The van der Waals surface area contributed by atoms with Crippen molar-refractivity contribution in [3.63, 3.8) is 0 Å². The van der Waals surface area contributed by atoms with E-state index in [-0.39, 0.29) is 11.3 Å². The summed E-state index contributed by atoms with van der Waals surface area (Å²) >= 11 is 0. The first-order chi connectivity index (χ1) is 15.7. The van der Waals surface area contributed by atoms with Crippen LogP contribution in [-0.2, 0) is 9.59 Å². The molecule has 1 heterocycles. The van der Waals surface area contributed by atoms with E-state index in [1.807, 2.05) is 64.0 Å². The Morgan fingerprint density at radius 3 is 2.39 bits per heavy atom. The lowest BCUT2D eigenvalue weighted by Crippen LogP contribution is -2.32. The van der Waals surface area contributed by atoms with Gasteiger partial charge in [-0.2, -0.15) is 0 Å².